The molecule has 3 aliphatic heterocycles. The summed E-state index contributed by atoms with van der Waals surface area (Å²) in [5.41, 5.74) is 1.30. The molecule has 12 nitrogen and oxygen atoms in total. The normalized spacial score (nSPS) is 20.2. The maximum Gasteiger partial charge on any atom is 0.317 e. The fourth-order valence-corrected chi connectivity index (χ4v) is 8.55. The zero-order valence-corrected chi connectivity index (χ0v) is 33.2. The van der Waals surface area contributed by atoms with Crippen LogP contribution in [0.4, 0.5) is 0 Å². The van der Waals surface area contributed by atoms with Crippen molar-refractivity contribution in [2.45, 2.75) is 36.5 Å². The lowest BCUT2D eigenvalue weighted by Gasteiger charge is -2.45. The first-order valence-corrected chi connectivity index (χ1v) is 18.7. The molecule has 3 saturated heterocycles. The van der Waals surface area contributed by atoms with Crippen LogP contribution in [0.25, 0.3) is 0 Å². The molecule has 0 bridgehead atoms. The monoisotopic (exact) mass is 803 g/mol. The summed E-state index contributed by atoms with van der Waals surface area (Å²) in [7, 11) is 4.58. The number of nitrogens with zero attached hydrogens (tertiary/aromatic N) is 5. The van der Waals surface area contributed by atoms with Crippen LogP contribution < -0.4 is 14.2 Å². The third kappa shape index (κ3) is 8.53. The number of halogens is 3. The molecule has 2 amide bonds. The van der Waals surface area contributed by atoms with Gasteiger partial charge in [0.25, 0.3) is 5.91 Å². The van der Waals surface area contributed by atoms with E-state index in [-0.39, 0.29) is 36.2 Å². The Morgan fingerprint density at radius 2 is 1.48 bits per heavy atom. The predicted octanol–water partition coefficient (Wildman–Crippen LogP) is 5.27. The number of aliphatic carboxylic acids is 1. The molecule has 1 atom stereocenters. The standard InChI is InChI=1S/C39H47Cl2N5O7.ClH/c1-51-32-21-27(22-33(52-2)35(32)53-3)36(49)46-16-9-38(26-46,28-6-7-30(40)31(41)23-28)8-13-43-14-10-39(11-15-43,29-5-4-12-42-24-29)37(50)45-19-17-44(18-20-45)25-34(47)48;/h4-7,12,21-24H,8-11,13-20,25-26H2,1-3H3,(H,47,48);1H/t38-;/m0./s1. The number of hydrogen-bond donors (Lipinski definition) is 1. The molecule has 0 unspecified atom stereocenters. The number of ether oxygens (including phenoxy) is 3. The van der Waals surface area contributed by atoms with E-state index in [1.54, 1.807) is 18.3 Å². The van der Waals surface area contributed by atoms with Gasteiger partial charge >= 0.3 is 5.97 Å². The number of carbonyl (C=O) groups is 3. The van der Waals surface area contributed by atoms with Gasteiger partial charge in [-0.1, -0.05) is 35.3 Å². The fourth-order valence-electron chi connectivity index (χ4n) is 8.25. The number of benzene rings is 2. The molecule has 2 aromatic carbocycles. The minimum atomic E-state index is -0.861. The Labute approximate surface area is 332 Å². The summed E-state index contributed by atoms with van der Waals surface area (Å²) in [4.78, 5) is 52.1. The first-order valence-electron chi connectivity index (χ1n) is 17.9. The Kier molecular flexibility index (Phi) is 13.6. The Morgan fingerprint density at radius 3 is 2.06 bits per heavy atom. The molecular formula is C39H48Cl3N5O7. The lowest BCUT2D eigenvalue weighted by molar-refractivity contribution is -0.142. The second-order valence-electron chi connectivity index (χ2n) is 14.2. The van der Waals surface area contributed by atoms with E-state index < -0.39 is 11.4 Å². The number of likely N-dealkylation sites (tertiary alicyclic amines) is 2. The van der Waals surface area contributed by atoms with Crippen LogP contribution in [0.15, 0.2) is 54.9 Å². The van der Waals surface area contributed by atoms with Crippen LogP contribution in [0.1, 0.15) is 47.2 Å². The second-order valence-corrected chi connectivity index (χ2v) is 15.0. The van der Waals surface area contributed by atoms with Crippen molar-refractivity contribution < 1.29 is 33.7 Å². The van der Waals surface area contributed by atoms with Gasteiger partial charge in [0.05, 0.1) is 43.3 Å². The van der Waals surface area contributed by atoms with Crippen molar-refractivity contribution in [1.82, 2.24) is 24.6 Å². The Morgan fingerprint density at radius 1 is 0.796 bits per heavy atom. The van der Waals surface area contributed by atoms with Crippen molar-refractivity contribution in [3.63, 3.8) is 0 Å². The van der Waals surface area contributed by atoms with Gasteiger partial charge in [-0.05, 0) is 86.8 Å². The van der Waals surface area contributed by atoms with Crippen molar-refractivity contribution >= 4 is 53.4 Å². The number of carbonyl (C=O) groups excluding carboxylic acids is 2. The Hall–Kier alpha value is -3.81. The smallest absolute Gasteiger partial charge is 0.317 e. The largest absolute Gasteiger partial charge is 0.493 e. The number of piperazine rings is 1. The van der Waals surface area contributed by atoms with E-state index in [9.17, 15) is 19.5 Å². The van der Waals surface area contributed by atoms with Gasteiger partial charge in [0.2, 0.25) is 11.7 Å². The van der Waals surface area contributed by atoms with E-state index >= 15 is 0 Å². The molecule has 0 spiro atoms. The highest BCUT2D eigenvalue weighted by atomic mass is 35.5. The zero-order valence-electron chi connectivity index (χ0n) is 30.9. The van der Waals surface area contributed by atoms with Gasteiger partial charge in [-0.3, -0.25) is 24.3 Å². The molecule has 3 aromatic rings. The lowest BCUT2D eigenvalue weighted by Crippen LogP contribution is -2.58. The van der Waals surface area contributed by atoms with Gasteiger partial charge in [0, 0.05) is 62.6 Å². The molecule has 1 aromatic heterocycles. The SMILES string of the molecule is COc1cc(C(=O)N2CC[C@](CCN3CCC(C(=O)N4CCN(CC(=O)O)CC4)(c4cccnc4)CC3)(c3ccc(Cl)c(Cl)c3)C2)cc(OC)c1OC.Cl. The van der Waals surface area contributed by atoms with E-state index in [0.29, 0.717) is 98.1 Å². The van der Waals surface area contributed by atoms with Crippen LogP contribution >= 0.6 is 35.6 Å². The van der Waals surface area contributed by atoms with E-state index in [4.69, 9.17) is 37.4 Å². The summed E-state index contributed by atoms with van der Waals surface area (Å²) in [5, 5.41) is 10.2. The highest BCUT2D eigenvalue weighted by Crippen LogP contribution is 2.44. The van der Waals surface area contributed by atoms with Gasteiger partial charge in [0.15, 0.2) is 11.5 Å². The number of carboxylic acids is 1. The van der Waals surface area contributed by atoms with Gasteiger partial charge in [0.1, 0.15) is 0 Å². The number of amides is 2. The highest BCUT2D eigenvalue weighted by Gasteiger charge is 2.47. The van der Waals surface area contributed by atoms with Crippen LogP contribution in [-0.2, 0) is 20.4 Å². The number of carboxylic acid groups (broad SMARTS) is 1. The third-order valence-electron chi connectivity index (χ3n) is 11.3. The molecule has 15 heteroatoms. The minimum Gasteiger partial charge on any atom is -0.493 e. The summed E-state index contributed by atoms with van der Waals surface area (Å²) >= 11 is 12.9. The topological polar surface area (TPSA) is 125 Å². The van der Waals surface area contributed by atoms with Gasteiger partial charge in [-0.15, -0.1) is 12.4 Å². The van der Waals surface area contributed by atoms with E-state index in [0.717, 1.165) is 30.5 Å². The van der Waals surface area contributed by atoms with E-state index in [1.807, 2.05) is 51.2 Å². The molecule has 54 heavy (non-hydrogen) atoms. The molecule has 4 heterocycles. The summed E-state index contributed by atoms with van der Waals surface area (Å²) < 4.78 is 16.5. The average molecular weight is 805 g/mol. The molecule has 3 fully saturated rings. The minimum absolute atomic E-state index is 0. The molecule has 3 aliphatic rings. The Balaban J connectivity index is 0.00000561. The fraction of sp³-hybridized carbons (Fsp3) is 0.487. The maximum absolute atomic E-state index is 14.4. The molecule has 0 radical (unpaired) electrons. The average Bonchev–Trinajstić information content (AvgIpc) is 3.63. The van der Waals surface area contributed by atoms with Crippen molar-refractivity contribution in [3.8, 4) is 17.2 Å². The van der Waals surface area contributed by atoms with Crippen LogP contribution in [0.5, 0.6) is 17.2 Å². The summed E-state index contributed by atoms with van der Waals surface area (Å²) in [5.74, 6) is 0.345. The molecule has 0 saturated carbocycles. The lowest BCUT2D eigenvalue weighted by atomic mass is 9.71. The first-order chi connectivity index (χ1) is 25.5. The van der Waals surface area contributed by atoms with Crippen molar-refractivity contribution in [2.75, 3.05) is 86.8 Å². The Bertz CT molecular complexity index is 1780. The molecule has 1 N–H and O–H groups in total. The third-order valence-corrected chi connectivity index (χ3v) is 12.1. The number of aromatic nitrogens is 1. The summed E-state index contributed by atoms with van der Waals surface area (Å²) in [6.45, 7) is 5.25. The number of pyridine rings is 1. The molecule has 0 aliphatic carbocycles. The predicted molar refractivity (Wildman–Crippen MR) is 209 cm³/mol. The van der Waals surface area contributed by atoms with Gasteiger partial charge in [-0.2, -0.15) is 0 Å². The van der Waals surface area contributed by atoms with Crippen molar-refractivity contribution in [1.29, 1.82) is 0 Å². The quantitative estimate of drug-likeness (QED) is 0.259. The molecular weight excluding hydrogens is 757 g/mol. The molecule has 292 valence electrons. The number of piperidine rings is 1. The van der Waals surface area contributed by atoms with Crippen LogP contribution in [0.2, 0.25) is 10.0 Å². The number of rotatable bonds is 12. The molecule has 6 rings (SSSR count). The van der Waals surface area contributed by atoms with Gasteiger partial charge in [-0.25, -0.2) is 0 Å². The van der Waals surface area contributed by atoms with Crippen molar-refractivity contribution in [2.24, 2.45) is 0 Å². The first kappa shape index (κ1) is 41.4. The number of hydrogen-bond acceptors (Lipinski definition) is 9. The van der Waals surface area contributed by atoms with Crippen LogP contribution in [-0.4, -0.2) is 134 Å². The van der Waals surface area contributed by atoms with E-state index in [1.165, 1.54) is 21.3 Å². The second kappa shape index (κ2) is 17.8. The van der Waals surface area contributed by atoms with Crippen molar-refractivity contribution in [3.05, 3.63) is 81.6 Å². The van der Waals surface area contributed by atoms with Gasteiger partial charge < -0.3 is 34.0 Å². The highest BCUT2D eigenvalue weighted by molar-refractivity contribution is 6.42. The number of methoxy groups -OCH3 is 3. The van der Waals surface area contributed by atoms with Crippen LogP contribution in [0, 0.1) is 0 Å². The maximum atomic E-state index is 14.4. The zero-order chi connectivity index (χ0) is 37.8. The summed E-state index contributed by atoms with van der Waals surface area (Å²) in [6.07, 6.45) is 6.31. The van der Waals surface area contributed by atoms with E-state index in [2.05, 4.69) is 9.88 Å². The van der Waals surface area contributed by atoms with Crippen LogP contribution in [0.3, 0.4) is 0 Å². The summed E-state index contributed by atoms with van der Waals surface area (Å²) in [6, 6.07) is 13.0.